The molecule has 42 heavy (non-hydrogen) atoms. The summed E-state index contributed by atoms with van der Waals surface area (Å²) in [5, 5.41) is 0.675. The van der Waals surface area contributed by atoms with Crippen LogP contribution in [0.4, 0.5) is 4.39 Å². The Morgan fingerprint density at radius 2 is 1.48 bits per heavy atom. The van der Waals surface area contributed by atoms with Gasteiger partial charge < -0.3 is 13.9 Å². The maximum Gasteiger partial charge on any atom is 0.345 e. The Bertz CT molecular complexity index is 1340. The molecule has 2 aromatic heterocycles. The molecule has 0 saturated heterocycles. The first-order chi connectivity index (χ1) is 19.9. The molecule has 0 amide bonds. The molecular formula is C35H48FNO5. The Hall–Kier alpha value is -3.22. The molecule has 6 nitrogen and oxygen atoms in total. The SMILES string of the molecule is CC(CC(C)(C)C)C(C)(C)C(=O)OCCCCCCCCCCOc1ccc2cc(-c3ccc(F)cc3)c(=O)oc2n1. The van der Waals surface area contributed by atoms with Crippen molar-refractivity contribution in [1.29, 1.82) is 0 Å². The van der Waals surface area contributed by atoms with Crippen molar-refractivity contribution in [2.75, 3.05) is 13.2 Å². The van der Waals surface area contributed by atoms with Crippen LogP contribution in [0.5, 0.6) is 5.88 Å². The van der Waals surface area contributed by atoms with E-state index in [1.165, 1.54) is 25.0 Å². The molecule has 0 aliphatic carbocycles. The molecule has 230 valence electrons. The maximum absolute atomic E-state index is 13.2. The van der Waals surface area contributed by atoms with Crippen LogP contribution in [0.3, 0.4) is 0 Å². The molecule has 0 saturated carbocycles. The van der Waals surface area contributed by atoms with Crippen molar-refractivity contribution in [3.8, 4) is 17.0 Å². The molecule has 0 bridgehead atoms. The quantitative estimate of drug-likeness (QED) is 0.124. The number of nitrogens with zero attached hydrogens (tertiary/aromatic N) is 1. The fourth-order valence-corrected chi connectivity index (χ4v) is 5.06. The molecule has 3 aromatic rings. The zero-order valence-corrected chi connectivity index (χ0v) is 26.3. The van der Waals surface area contributed by atoms with E-state index >= 15 is 0 Å². The van der Waals surface area contributed by atoms with Gasteiger partial charge in [-0.25, -0.2) is 9.18 Å². The Labute approximate surface area is 250 Å². The van der Waals surface area contributed by atoms with Crippen LogP contribution in [0.25, 0.3) is 22.2 Å². The first-order valence-corrected chi connectivity index (χ1v) is 15.4. The molecule has 2 heterocycles. The van der Waals surface area contributed by atoms with E-state index in [0.717, 1.165) is 44.9 Å². The summed E-state index contributed by atoms with van der Waals surface area (Å²) in [4.78, 5) is 29.4. The summed E-state index contributed by atoms with van der Waals surface area (Å²) in [6, 6.07) is 11.0. The van der Waals surface area contributed by atoms with Gasteiger partial charge in [-0.3, -0.25) is 4.79 Å². The van der Waals surface area contributed by atoms with Crippen LogP contribution in [-0.4, -0.2) is 24.2 Å². The molecule has 1 aromatic carbocycles. The highest BCUT2D eigenvalue weighted by molar-refractivity contribution is 5.79. The van der Waals surface area contributed by atoms with E-state index in [9.17, 15) is 14.0 Å². The maximum atomic E-state index is 13.2. The van der Waals surface area contributed by atoms with Crippen LogP contribution in [0, 0.1) is 22.6 Å². The van der Waals surface area contributed by atoms with Gasteiger partial charge in [0.2, 0.25) is 11.6 Å². The molecule has 1 unspecified atom stereocenters. The Morgan fingerprint density at radius 1 is 0.881 bits per heavy atom. The molecule has 0 aliphatic heterocycles. The van der Waals surface area contributed by atoms with Gasteiger partial charge in [0.15, 0.2) is 0 Å². The van der Waals surface area contributed by atoms with E-state index in [2.05, 4.69) is 32.7 Å². The van der Waals surface area contributed by atoms with Gasteiger partial charge in [0.05, 0.1) is 24.2 Å². The van der Waals surface area contributed by atoms with Crippen LogP contribution < -0.4 is 10.4 Å². The standard InChI is InChI=1S/C35H48FNO5/c1-25(24-34(2,3)4)35(5,6)33(39)41-22-14-12-10-8-7-9-11-13-21-40-30-20-17-27-23-29(32(38)42-31(27)37-30)26-15-18-28(36)19-16-26/h15-20,23,25H,7-14,21-22,24H2,1-6H3. The number of halogens is 1. The minimum absolute atomic E-state index is 0.0825. The average Bonchev–Trinajstić information content (AvgIpc) is 2.92. The fourth-order valence-electron chi connectivity index (χ4n) is 5.06. The van der Waals surface area contributed by atoms with E-state index in [0.29, 0.717) is 35.6 Å². The summed E-state index contributed by atoms with van der Waals surface area (Å²) in [6.45, 7) is 13.8. The smallest absolute Gasteiger partial charge is 0.345 e. The van der Waals surface area contributed by atoms with Crippen LogP contribution in [0.2, 0.25) is 0 Å². The first-order valence-electron chi connectivity index (χ1n) is 15.4. The van der Waals surface area contributed by atoms with E-state index in [4.69, 9.17) is 13.9 Å². The lowest BCUT2D eigenvalue weighted by molar-refractivity contribution is -0.157. The van der Waals surface area contributed by atoms with Gasteiger partial charge in [0.25, 0.3) is 0 Å². The number of hydrogen-bond acceptors (Lipinski definition) is 6. The van der Waals surface area contributed by atoms with Crippen LogP contribution in [0.1, 0.15) is 99.3 Å². The molecule has 0 fully saturated rings. The summed E-state index contributed by atoms with van der Waals surface area (Å²) in [5.41, 5.74) is 0.379. The topological polar surface area (TPSA) is 78.6 Å². The second-order valence-electron chi connectivity index (χ2n) is 13.2. The predicted molar refractivity (Wildman–Crippen MR) is 166 cm³/mol. The zero-order valence-electron chi connectivity index (χ0n) is 26.3. The van der Waals surface area contributed by atoms with E-state index in [1.807, 2.05) is 19.9 Å². The molecule has 7 heteroatoms. The summed E-state index contributed by atoms with van der Waals surface area (Å²) in [5.74, 6) is 0.249. The van der Waals surface area contributed by atoms with Gasteiger partial charge in [-0.15, -0.1) is 0 Å². The number of carbonyl (C=O) groups excluding carboxylic acids is 1. The average molecular weight is 582 g/mol. The number of rotatable bonds is 16. The number of hydrogen-bond donors (Lipinski definition) is 0. The van der Waals surface area contributed by atoms with Gasteiger partial charge in [-0.1, -0.05) is 78.4 Å². The Kier molecular flexibility index (Phi) is 12.1. The number of fused-ring (bicyclic) bond motifs is 1. The number of esters is 1. The second-order valence-corrected chi connectivity index (χ2v) is 13.2. The molecule has 0 aliphatic rings. The molecule has 3 rings (SSSR count). The summed E-state index contributed by atoms with van der Waals surface area (Å²) < 4.78 is 30.0. The van der Waals surface area contributed by atoms with E-state index < -0.39 is 11.0 Å². The molecule has 1 atom stereocenters. The van der Waals surface area contributed by atoms with Gasteiger partial charge >= 0.3 is 11.6 Å². The lowest BCUT2D eigenvalue weighted by Gasteiger charge is -2.34. The van der Waals surface area contributed by atoms with Crippen molar-refractivity contribution in [2.24, 2.45) is 16.7 Å². The van der Waals surface area contributed by atoms with Crippen molar-refractivity contribution in [3.05, 3.63) is 58.7 Å². The molecule has 0 N–H and O–H groups in total. The Balaban J connectivity index is 1.26. The van der Waals surface area contributed by atoms with E-state index in [-0.39, 0.29) is 28.8 Å². The number of carbonyl (C=O) groups is 1. The normalized spacial score (nSPS) is 12.8. The molecular weight excluding hydrogens is 533 g/mol. The summed E-state index contributed by atoms with van der Waals surface area (Å²) >= 11 is 0. The number of ether oxygens (including phenoxy) is 2. The van der Waals surface area contributed by atoms with E-state index in [1.54, 1.807) is 24.3 Å². The predicted octanol–water partition coefficient (Wildman–Crippen LogP) is 9.14. The van der Waals surface area contributed by atoms with Crippen molar-refractivity contribution in [2.45, 2.75) is 99.3 Å². The molecule has 0 spiro atoms. The van der Waals surface area contributed by atoms with Gasteiger partial charge in [-0.2, -0.15) is 4.98 Å². The third-order valence-electron chi connectivity index (χ3n) is 7.93. The monoisotopic (exact) mass is 581 g/mol. The lowest BCUT2D eigenvalue weighted by atomic mass is 9.72. The summed E-state index contributed by atoms with van der Waals surface area (Å²) in [7, 11) is 0. The largest absolute Gasteiger partial charge is 0.478 e. The highest BCUT2D eigenvalue weighted by Gasteiger charge is 2.37. The third-order valence-corrected chi connectivity index (χ3v) is 7.93. The van der Waals surface area contributed by atoms with Crippen molar-refractivity contribution in [3.63, 3.8) is 0 Å². The fraction of sp³-hybridized carbons (Fsp3) is 0.571. The first kappa shape index (κ1) is 33.3. The Morgan fingerprint density at radius 3 is 2.10 bits per heavy atom. The van der Waals surface area contributed by atoms with Crippen molar-refractivity contribution < 1.29 is 23.1 Å². The van der Waals surface area contributed by atoms with Crippen molar-refractivity contribution in [1.82, 2.24) is 4.98 Å². The number of pyridine rings is 1. The van der Waals surface area contributed by atoms with Crippen molar-refractivity contribution >= 4 is 17.1 Å². The second kappa shape index (κ2) is 15.3. The minimum atomic E-state index is -0.523. The van der Waals surface area contributed by atoms with Gasteiger partial charge in [0.1, 0.15) is 5.82 Å². The highest BCUT2D eigenvalue weighted by Crippen LogP contribution is 2.37. The highest BCUT2D eigenvalue weighted by atomic mass is 19.1. The third kappa shape index (κ3) is 10.2. The zero-order chi connectivity index (χ0) is 30.8. The number of unbranched alkanes of at least 4 members (excludes halogenated alkanes) is 7. The van der Waals surface area contributed by atoms with Crippen LogP contribution in [-0.2, 0) is 9.53 Å². The van der Waals surface area contributed by atoms with Gasteiger partial charge in [0, 0.05) is 11.5 Å². The summed E-state index contributed by atoms with van der Waals surface area (Å²) in [6.07, 6.45) is 9.61. The minimum Gasteiger partial charge on any atom is -0.478 e. The molecule has 0 radical (unpaired) electrons. The van der Waals surface area contributed by atoms with Crippen LogP contribution in [0.15, 0.2) is 51.7 Å². The lowest BCUT2D eigenvalue weighted by Crippen LogP contribution is -2.35. The van der Waals surface area contributed by atoms with Crippen LogP contribution >= 0.6 is 0 Å². The van der Waals surface area contributed by atoms with Gasteiger partial charge in [-0.05, 0) is 74.3 Å². The number of benzene rings is 1. The number of aromatic nitrogens is 1.